The second kappa shape index (κ2) is 9.39. The number of amidine groups is 2. The molecule has 0 aromatic heterocycles. The number of carbonyl (C=O) groups is 1. The molecule has 0 unspecified atom stereocenters. The van der Waals surface area contributed by atoms with E-state index in [1.165, 1.54) is 0 Å². The molecule has 0 saturated carbocycles. The standard InChI is InChI=1S/C15H16N6O.2ClH/c16-13(17)9-3-1-5-11(7-9)20-15(22)21-12-6-2-4-10(8-12)14(18)19;;/h1-8H,(H3,16,17)(H3,18,19)(H2,20,21,22);2*1H/p-2. The Hall–Kier alpha value is -2.77. The highest BCUT2D eigenvalue weighted by Crippen LogP contribution is 2.13. The van der Waals surface area contributed by atoms with Crippen LogP contribution in [0, 0.1) is 10.8 Å². The molecular formula is C15H16Cl2N6O-2. The van der Waals surface area contributed by atoms with Crippen LogP contribution in [0.25, 0.3) is 0 Å². The smallest absolute Gasteiger partial charge is 0.323 e. The van der Waals surface area contributed by atoms with Gasteiger partial charge in [0.2, 0.25) is 0 Å². The van der Waals surface area contributed by atoms with Crippen molar-refractivity contribution in [3.63, 3.8) is 0 Å². The van der Waals surface area contributed by atoms with Crippen LogP contribution in [0.4, 0.5) is 16.2 Å². The van der Waals surface area contributed by atoms with Gasteiger partial charge in [-0.05, 0) is 24.3 Å². The molecule has 0 aliphatic heterocycles. The molecule has 0 fully saturated rings. The summed E-state index contributed by atoms with van der Waals surface area (Å²) in [5, 5.41) is 20.0. The quantitative estimate of drug-likeness (QED) is 0.242. The molecule has 0 spiro atoms. The Kier molecular flexibility index (Phi) is 8.30. The first-order chi connectivity index (χ1) is 10.5. The van der Waals surface area contributed by atoms with Gasteiger partial charge in [0, 0.05) is 22.5 Å². The van der Waals surface area contributed by atoms with Crippen molar-refractivity contribution in [1.82, 2.24) is 0 Å². The summed E-state index contributed by atoms with van der Waals surface area (Å²) in [6, 6.07) is 12.9. The van der Waals surface area contributed by atoms with Crippen molar-refractivity contribution in [2.45, 2.75) is 0 Å². The summed E-state index contributed by atoms with van der Waals surface area (Å²) in [5.74, 6) is -0.142. The molecule has 0 saturated heterocycles. The van der Waals surface area contributed by atoms with E-state index >= 15 is 0 Å². The highest BCUT2D eigenvalue weighted by Gasteiger charge is 2.05. The number of nitrogens with two attached hydrogens (primary N) is 2. The van der Waals surface area contributed by atoms with Gasteiger partial charge < -0.3 is 46.9 Å². The van der Waals surface area contributed by atoms with Gasteiger partial charge in [0.05, 0.1) is 0 Å². The molecule has 24 heavy (non-hydrogen) atoms. The molecule has 0 heterocycles. The summed E-state index contributed by atoms with van der Waals surface area (Å²) < 4.78 is 0. The molecule has 2 aromatic carbocycles. The maximum atomic E-state index is 12.0. The summed E-state index contributed by atoms with van der Waals surface area (Å²) in [6.45, 7) is 0. The van der Waals surface area contributed by atoms with Crippen molar-refractivity contribution in [3.8, 4) is 0 Å². The fourth-order valence-electron chi connectivity index (χ4n) is 1.82. The lowest BCUT2D eigenvalue weighted by Gasteiger charge is -2.09. The molecule has 0 aliphatic carbocycles. The van der Waals surface area contributed by atoms with Gasteiger partial charge >= 0.3 is 6.03 Å². The number of nitrogen functional groups attached to an aromatic ring is 2. The van der Waals surface area contributed by atoms with E-state index in [0.717, 1.165) is 0 Å². The summed E-state index contributed by atoms with van der Waals surface area (Å²) in [5.41, 5.74) is 12.9. The van der Waals surface area contributed by atoms with Crippen molar-refractivity contribution in [1.29, 1.82) is 10.8 Å². The van der Waals surface area contributed by atoms with E-state index in [-0.39, 0.29) is 36.5 Å². The minimum absolute atomic E-state index is 0. The Bertz CT molecular complexity index is 689. The molecule has 128 valence electrons. The molecule has 7 nitrogen and oxygen atoms in total. The van der Waals surface area contributed by atoms with Gasteiger partial charge in [0.1, 0.15) is 11.7 Å². The minimum Gasteiger partial charge on any atom is -1.00 e. The van der Waals surface area contributed by atoms with Crippen LogP contribution in [0.3, 0.4) is 0 Å². The van der Waals surface area contributed by atoms with Gasteiger partial charge in [0.15, 0.2) is 0 Å². The number of hydrogen-bond acceptors (Lipinski definition) is 3. The first kappa shape index (κ1) is 21.2. The van der Waals surface area contributed by atoms with Gasteiger partial charge in [-0.2, -0.15) is 0 Å². The summed E-state index contributed by atoms with van der Waals surface area (Å²) in [6.07, 6.45) is 0. The zero-order valence-corrected chi connectivity index (χ0v) is 13.9. The molecule has 0 aliphatic rings. The van der Waals surface area contributed by atoms with E-state index < -0.39 is 6.03 Å². The van der Waals surface area contributed by atoms with Crippen molar-refractivity contribution in [2.75, 3.05) is 10.6 Å². The number of anilines is 2. The predicted octanol–water partition coefficient (Wildman–Crippen LogP) is -4.09. The third-order valence-corrected chi connectivity index (χ3v) is 2.86. The van der Waals surface area contributed by atoms with Crippen LogP contribution in [0.15, 0.2) is 48.5 Å². The summed E-state index contributed by atoms with van der Waals surface area (Å²) in [4.78, 5) is 12.0. The fraction of sp³-hybridized carbons (Fsp3) is 0. The molecule has 2 amide bonds. The lowest BCUT2D eigenvalue weighted by Crippen LogP contribution is -3.00. The Labute approximate surface area is 151 Å². The van der Waals surface area contributed by atoms with Gasteiger partial charge in [-0.25, -0.2) is 4.79 Å². The van der Waals surface area contributed by atoms with Crippen LogP contribution in [-0.2, 0) is 0 Å². The third-order valence-electron chi connectivity index (χ3n) is 2.86. The topological polar surface area (TPSA) is 141 Å². The SMILES string of the molecule is N=C(N)c1cccc(NC(=O)Nc2cccc(C(=N)N)c2)c1.[Cl-].[Cl-]. The average molecular weight is 367 g/mol. The minimum atomic E-state index is -0.443. The monoisotopic (exact) mass is 366 g/mol. The lowest BCUT2D eigenvalue weighted by molar-refractivity contribution is -0.00100. The number of hydrogen-bond donors (Lipinski definition) is 6. The van der Waals surface area contributed by atoms with Crippen molar-refractivity contribution < 1.29 is 29.6 Å². The molecule has 2 rings (SSSR count). The van der Waals surface area contributed by atoms with E-state index in [0.29, 0.717) is 22.5 Å². The average Bonchev–Trinajstić information content (AvgIpc) is 2.47. The van der Waals surface area contributed by atoms with Crippen molar-refractivity contribution in [2.24, 2.45) is 11.5 Å². The highest BCUT2D eigenvalue weighted by atomic mass is 35.5. The second-order valence-corrected chi connectivity index (χ2v) is 4.57. The normalized spacial score (nSPS) is 9.00. The van der Waals surface area contributed by atoms with Gasteiger partial charge in [-0.15, -0.1) is 0 Å². The Balaban J connectivity index is 0.00000264. The molecule has 0 radical (unpaired) electrons. The van der Waals surface area contributed by atoms with Gasteiger partial charge in [0.25, 0.3) is 0 Å². The number of halogens is 2. The van der Waals surface area contributed by atoms with E-state index in [1.54, 1.807) is 48.5 Å². The third kappa shape index (κ3) is 5.79. The van der Waals surface area contributed by atoms with Gasteiger partial charge in [-0.3, -0.25) is 10.8 Å². The lowest BCUT2D eigenvalue weighted by atomic mass is 10.2. The number of urea groups is 1. The van der Waals surface area contributed by atoms with Crippen LogP contribution >= 0.6 is 0 Å². The zero-order chi connectivity index (χ0) is 16.1. The number of carbonyl (C=O) groups excluding carboxylic acids is 1. The highest BCUT2D eigenvalue weighted by molar-refractivity contribution is 6.02. The van der Waals surface area contributed by atoms with Crippen molar-refractivity contribution >= 4 is 29.1 Å². The zero-order valence-electron chi connectivity index (χ0n) is 12.4. The number of benzene rings is 2. The predicted molar refractivity (Wildman–Crippen MR) is 87.6 cm³/mol. The van der Waals surface area contributed by atoms with Crippen LogP contribution < -0.4 is 46.9 Å². The number of nitrogens with one attached hydrogen (secondary N) is 4. The van der Waals surface area contributed by atoms with E-state index in [1.807, 2.05) is 0 Å². The van der Waals surface area contributed by atoms with Crippen LogP contribution in [0.5, 0.6) is 0 Å². The van der Waals surface area contributed by atoms with E-state index in [4.69, 9.17) is 22.3 Å². The summed E-state index contributed by atoms with van der Waals surface area (Å²) >= 11 is 0. The molecule has 0 bridgehead atoms. The summed E-state index contributed by atoms with van der Waals surface area (Å²) in [7, 11) is 0. The van der Waals surface area contributed by atoms with Gasteiger partial charge in [-0.1, -0.05) is 24.3 Å². The number of amides is 2. The van der Waals surface area contributed by atoms with Crippen LogP contribution in [0.1, 0.15) is 11.1 Å². The van der Waals surface area contributed by atoms with Crippen molar-refractivity contribution in [3.05, 3.63) is 59.7 Å². The maximum Gasteiger partial charge on any atom is 0.323 e. The van der Waals surface area contributed by atoms with Crippen LogP contribution in [0.2, 0.25) is 0 Å². The molecule has 2 aromatic rings. The Morgan fingerprint density at radius 3 is 1.50 bits per heavy atom. The Morgan fingerprint density at radius 2 is 1.17 bits per heavy atom. The van der Waals surface area contributed by atoms with E-state index in [9.17, 15) is 4.79 Å². The number of rotatable bonds is 4. The molecular weight excluding hydrogens is 351 g/mol. The fourth-order valence-corrected chi connectivity index (χ4v) is 1.82. The molecule has 9 heteroatoms. The maximum absolute atomic E-state index is 12.0. The Morgan fingerprint density at radius 1 is 0.792 bits per heavy atom. The second-order valence-electron chi connectivity index (χ2n) is 4.57. The molecule has 0 atom stereocenters. The first-order valence-corrected chi connectivity index (χ1v) is 6.42. The largest absolute Gasteiger partial charge is 1.00 e. The van der Waals surface area contributed by atoms with E-state index in [2.05, 4.69) is 10.6 Å². The first-order valence-electron chi connectivity index (χ1n) is 6.42. The molecule has 8 N–H and O–H groups in total. The van der Waals surface area contributed by atoms with Crippen LogP contribution in [-0.4, -0.2) is 17.7 Å².